The fourth-order valence-electron chi connectivity index (χ4n) is 2.89. The van der Waals surface area contributed by atoms with Crippen LogP contribution in [0.25, 0.3) is 0 Å². The van der Waals surface area contributed by atoms with E-state index in [0.717, 1.165) is 31.6 Å². The maximum atomic E-state index is 12.8. The maximum Gasteiger partial charge on any atom is 0.243 e. The molecule has 1 aromatic rings. The number of piperidine rings is 1. The number of fused-ring (bicyclic) bond motifs is 1. The molecule has 0 unspecified atom stereocenters. The van der Waals surface area contributed by atoms with Gasteiger partial charge >= 0.3 is 0 Å². The van der Waals surface area contributed by atoms with E-state index in [1.807, 2.05) is 19.9 Å². The second kappa shape index (κ2) is 4.84. The molecule has 0 radical (unpaired) electrons. The first kappa shape index (κ1) is 13.0. The number of thioether (sulfide) groups is 1. The van der Waals surface area contributed by atoms with Crippen LogP contribution in [0, 0.1) is 0 Å². The van der Waals surface area contributed by atoms with Crippen LogP contribution in [0.3, 0.4) is 0 Å². The van der Waals surface area contributed by atoms with E-state index in [1.54, 1.807) is 11.8 Å². The van der Waals surface area contributed by atoms with Crippen molar-refractivity contribution in [1.82, 2.24) is 5.32 Å². The van der Waals surface area contributed by atoms with E-state index in [1.165, 1.54) is 4.90 Å². The van der Waals surface area contributed by atoms with Crippen LogP contribution in [0.4, 0.5) is 5.69 Å². The van der Waals surface area contributed by atoms with Crippen molar-refractivity contribution in [2.45, 2.75) is 42.4 Å². The average Bonchev–Trinajstić information content (AvgIpc) is 2.41. The summed E-state index contributed by atoms with van der Waals surface area (Å²) in [6, 6.07) is 8.63. The Bertz CT molecular complexity index is 495. The molecule has 1 N–H and O–H groups in total. The lowest BCUT2D eigenvalue weighted by Crippen LogP contribution is -2.54. The summed E-state index contributed by atoms with van der Waals surface area (Å²) in [4.78, 5) is 16.1. The van der Waals surface area contributed by atoms with Crippen LogP contribution >= 0.6 is 11.8 Å². The van der Waals surface area contributed by atoms with E-state index in [9.17, 15) is 4.79 Å². The molecule has 1 saturated heterocycles. The SMILES string of the molecule is CC1(C)Sc2ccccc2N(C2CCNCC2)C1=O. The summed E-state index contributed by atoms with van der Waals surface area (Å²) < 4.78 is -0.362. The molecule has 3 rings (SSSR count). The number of nitrogens with zero attached hydrogens (tertiary/aromatic N) is 1. The van der Waals surface area contributed by atoms with E-state index in [2.05, 4.69) is 28.4 Å². The standard InChI is InChI=1S/C15H20N2OS/c1-15(2)14(18)17(11-7-9-16-10-8-11)12-5-3-4-6-13(12)19-15/h3-6,11,16H,7-10H2,1-2H3. The van der Waals surface area contributed by atoms with Gasteiger partial charge in [-0.1, -0.05) is 12.1 Å². The third kappa shape index (κ3) is 2.28. The molecule has 0 bridgehead atoms. The lowest BCUT2D eigenvalue weighted by atomic mass is 10.0. The highest BCUT2D eigenvalue weighted by molar-refractivity contribution is 8.01. The quantitative estimate of drug-likeness (QED) is 0.856. The topological polar surface area (TPSA) is 32.3 Å². The van der Waals surface area contributed by atoms with Gasteiger partial charge in [0.05, 0.1) is 10.4 Å². The summed E-state index contributed by atoms with van der Waals surface area (Å²) in [7, 11) is 0. The molecular weight excluding hydrogens is 256 g/mol. The van der Waals surface area contributed by atoms with Gasteiger partial charge in [-0.15, -0.1) is 11.8 Å². The van der Waals surface area contributed by atoms with Crippen LogP contribution in [0.1, 0.15) is 26.7 Å². The van der Waals surface area contributed by atoms with Crippen LogP contribution in [0.15, 0.2) is 29.2 Å². The van der Waals surface area contributed by atoms with Gasteiger partial charge in [0.25, 0.3) is 0 Å². The molecule has 19 heavy (non-hydrogen) atoms. The zero-order valence-corrected chi connectivity index (χ0v) is 12.3. The molecule has 102 valence electrons. The Morgan fingerprint density at radius 2 is 1.95 bits per heavy atom. The fraction of sp³-hybridized carbons (Fsp3) is 0.533. The molecule has 1 amide bonds. The molecule has 2 aliphatic rings. The zero-order chi connectivity index (χ0) is 13.5. The number of rotatable bonds is 1. The van der Waals surface area contributed by atoms with Gasteiger partial charge in [-0.3, -0.25) is 4.79 Å². The van der Waals surface area contributed by atoms with Crippen LogP contribution in [0.2, 0.25) is 0 Å². The number of benzene rings is 1. The number of carbonyl (C=O) groups is 1. The van der Waals surface area contributed by atoms with Crippen molar-refractivity contribution in [3.05, 3.63) is 24.3 Å². The summed E-state index contributed by atoms with van der Waals surface area (Å²) in [6.07, 6.45) is 2.08. The third-order valence-electron chi connectivity index (χ3n) is 3.90. The van der Waals surface area contributed by atoms with E-state index >= 15 is 0 Å². The summed E-state index contributed by atoms with van der Waals surface area (Å²) in [5, 5.41) is 3.37. The second-order valence-electron chi connectivity index (χ2n) is 5.74. The summed E-state index contributed by atoms with van der Waals surface area (Å²) >= 11 is 1.68. The highest BCUT2D eigenvalue weighted by Crippen LogP contribution is 2.46. The number of anilines is 1. The zero-order valence-electron chi connectivity index (χ0n) is 11.5. The Morgan fingerprint density at radius 1 is 1.26 bits per heavy atom. The lowest BCUT2D eigenvalue weighted by Gasteiger charge is -2.43. The van der Waals surface area contributed by atoms with Gasteiger partial charge in [-0.25, -0.2) is 0 Å². The van der Waals surface area contributed by atoms with Crippen molar-refractivity contribution in [1.29, 1.82) is 0 Å². The highest BCUT2D eigenvalue weighted by Gasteiger charge is 2.42. The minimum Gasteiger partial charge on any atom is -0.317 e. The Kier molecular flexibility index (Phi) is 3.31. The lowest BCUT2D eigenvalue weighted by molar-refractivity contribution is -0.120. The Labute approximate surface area is 118 Å². The van der Waals surface area contributed by atoms with Gasteiger partial charge in [-0.2, -0.15) is 0 Å². The molecule has 0 aliphatic carbocycles. The molecule has 2 aliphatic heterocycles. The third-order valence-corrected chi connectivity index (χ3v) is 5.15. The molecule has 4 heteroatoms. The largest absolute Gasteiger partial charge is 0.317 e. The van der Waals surface area contributed by atoms with Crippen LogP contribution < -0.4 is 10.2 Å². The van der Waals surface area contributed by atoms with Crippen molar-refractivity contribution in [2.24, 2.45) is 0 Å². The number of hydrogen-bond acceptors (Lipinski definition) is 3. The van der Waals surface area contributed by atoms with Crippen LogP contribution in [-0.4, -0.2) is 29.8 Å². The predicted octanol–water partition coefficient (Wildman–Crippen LogP) is 2.66. The summed E-state index contributed by atoms with van der Waals surface area (Å²) in [5.74, 6) is 0.253. The van der Waals surface area contributed by atoms with Crippen molar-refractivity contribution in [3.8, 4) is 0 Å². The molecular formula is C15H20N2OS. The van der Waals surface area contributed by atoms with E-state index in [-0.39, 0.29) is 10.7 Å². The van der Waals surface area contributed by atoms with E-state index in [4.69, 9.17) is 0 Å². The number of para-hydroxylation sites is 1. The number of carbonyl (C=O) groups excluding carboxylic acids is 1. The van der Waals surface area contributed by atoms with Gasteiger partial charge in [0, 0.05) is 10.9 Å². The van der Waals surface area contributed by atoms with Crippen molar-refractivity contribution in [2.75, 3.05) is 18.0 Å². The molecule has 1 aromatic carbocycles. The van der Waals surface area contributed by atoms with Gasteiger partial charge in [0.1, 0.15) is 0 Å². The smallest absolute Gasteiger partial charge is 0.243 e. The van der Waals surface area contributed by atoms with Crippen LogP contribution in [0.5, 0.6) is 0 Å². The predicted molar refractivity (Wildman–Crippen MR) is 79.8 cm³/mol. The normalized spacial score (nSPS) is 23.3. The molecule has 0 spiro atoms. The molecule has 3 nitrogen and oxygen atoms in total. The number of amides is 1. The Hall–Kier alpha value is -1.00. The van der Waals surface area contributed by atoms with Crippen molar-refractivity contribution < 1.29 is 4.79 Å². The van der Waals surface area contributed by atoms with E-state index < -0.39 is 0 Å². The monoisotopic (exact) mass is 276 g/mol. The Balaban J connectivity index is 2.02. The summed E-state index contributed by atoms with van der Waals surface area (Å²) in [5.41, 5.74) is 1.10. The number of nitrogens with one attached hydrogen (secondary N) is 1. The van der Waals surface area contributed by atoms with Crippen molar-refractivity contribution >= 4 is 23.4 Å². The van der Waals surface area contributed by atoms with Crippen LogP contribution in [-0.2, 0) is 4.79 Å². The average molecular weight is 276 g/mol. The van der Waals surface area contributed by atoms with Gasteiger partial charge in [-0.05, 0) is 51.9 Å². The minimum absolute atomic E-state index is 0.253. The van der Waals surface area contributed by atoms with Gasteiger partial charge < -0.3 is 10.2 Å². The molecule has 0 saturated carbocycles. The molecule has 1 fully saturated rings. The fourth-order valence-corrected chi connectivity index (χ4v) is 4.04. The van der Waals surface area contributed by atoms with Gasteiger partial charge in [0.2, 0.25) is 5.91 Å². The Morgan fingerprint density at radius 3 is 2.68 bits per heavy atom. The van der Waals surface area contributed by atoms with E-state index in [0.29, 0.717) is 6.04 Å². The second-order valence-corrected chi connectivity index (χ2v) is 7.40. The van der Waals surface area contributed by atoms with Gasteiger partial charge in [0.15, 0.2) is 0 Å². The maximum absolute atomic E-state index is 12.8. The molecule has 0 aromatic heterocycles. The molecule has 0 atom stereocenters. The molecule has 2 heterocycles. The first-order valence-electron chi connectivity index (χ1n) is 6.92. The minimum atomic E-state index is -0.362. The highest BCUT2D eigenvalue weighted by atomic mass is 32.2. The first-order chi connectivity index (χ1) is 9.09. The summed E-state index contributed by atoms with van der Waals surface area (Å²) in [6.45, 7) is 6.07. The first-order valence-corrected chi connectivity index (χ1v) is 7.74. The number of hydrogen-bond donors (Lipinski definition) is 1. The van der Waals surface area contributed by atoms with Crippen molar-refractivity contribution in [3.63, 3.8) is 0 Å².